The van der Waals surface area contributed by atoms with Gasteiger partial charge in [-0.1, -0.05) is 115 Å². The number of benzene rings is 1. The summed E-state index contributed by atoms with van der Waals surface area (Å²) in [5.74, 6) is 1.70. The maximum Gasteiger partial charge on any atom is 0.283 e. The van der Waals surface area contributed by atoms with E-state index in [2.05, 4.69) is 12.2 Å². The molecule has 0 bridgehead atoms. The van der Waals surface area contributed by atoms with Gasteiger partial charge in [0, 0.05) is 11.4 Å². The van der Waals surface area contributed by atoms with Gasteiger partial charge in [-0.15, -0.1) is 0 Å². The summed E-state index contributed by atoms with van der Waals surface area (Å²) in [6.45, 7) is 2.28. The Hall–Kier alpha value is -1.16. The van der Waals surface area contributed by atoms with E-state index in [0.717, 1.165) is 23.6 Å². The highest BCUT2D eigenvalue weighted by Crippen LogP contribution is 2.18. The number of rotatable bonds is 19. The van der Waals surface area contributed by atoms with Gasteiger partial charge in [-0.2, -0.15) is 0 Å². The fourth-order valence-corrected chi connectivity index (χ4v) is 4.37. The minimum absolute atomic E-state index is 0.0288. The average molecular weight is 436 g/mol. The first-order chi connectivity index (χ1) is 14.8. The van der Waals surface area contributed by atoms with Crippen molar-refractivity contribution in [1.82, 2.24) is 0 Å². The van der Waals surface area contributed by atoms with Gasteiger partial charge in [-0.05, 0) is 30.7 Å². The van der Waals surface area contributed by atoms with Gasteiger partial charge in [0.2, 0.25) is 0 Å². The third-order valence-corrected chi connectivity index (χ3v) is 6.42. The fourth-order valence-electron chi connectivity index (χ4n) is 3.64. The summed E-state index contributed by atoms with van der Waals surface area (Å²) >= 11 is 1.39. The van der Waals surface area contributed by atoms with Crippen molar-refractivity contribution in [3.8, 4) is 5.75 Å². The van der Waals surface area contributed by atoms with Crippen LogP contribution in [0.5, 0.6) is 5.75 Å². The Morgan fingerprint density at radius 2 is 1.17 bits per heavy atom. The van der Waals surface area contributed by atoms with Crippen molar-refractivity contribution >= 4 is 22.7 Å². The molecule has 0 unspecified atom stereocenters. The molecule has 0 fully saturated rings. The smallest absolute Gasteiger partial charge is 0.283 e. The molecular formula is C26H45NO2S. The number of hydrogen-bond donors (Lipinski definition) is 1. The average Bonchev–Trinajstić information content (AvgIpc) is 2.76. The van der Waals surface area contributed by atoms with Crippen molar-refractivity contribution in [3.05, 3.63) is 24.3 Å². The Morgan fingerprint density at radius 1 is 0.733 bits per heavy atom. The molecule has 172 valence electrons. The van der Waals surface area contributed by atoms with Crippen LogP contribution >= 0.6 is 11.8 Å². The van der Waals surface area contributed by atoms with E-state index >= 15 is 0 Å². The van der Waals surface area contributed by atoms with E-state index in [1.165, 1.54) is 108 Å². The molecule has 1 amide bonds. The van der Waals surface area contributed by atoms with Crippen LogP contribution in [0.15, 0.2) is 24.3 Å². The van der Waals surface area contributed by atoms with E-state index in [4.69, 9.17) is 4.74 Å². The normalized spacial score (nSPS) is 10.9. The largest absolute Gasteiger partial charge is 0.497 e. The Kier molecular flexibility index (Phi) is 17.7. The van der Waals surface area contributed by atoms with Crippen LogP contribution < -0.4 is 10.1 Å². The minimum atomic E-state index is 0.0288. The summed E-state index contributed by atoms with van der Waals surface area (Å²) in [7, 11) is 1.64. The zero-order chi connectivity index (χ0) is 21.7. The highest BCUT2D eigenvalue weighted by atomic mass is 32.2. The van der Waals surface area contributed by atoms with E-state index in [1.807, 2.05) is 24.3 Å². The molecule has 0 aliphatic heterocycles. The van der Waals surface area contributed by atoms with Crippen LogP contribution in [0.2, 0.25) is 0 Å². The molecule has 1 aromatic carbocycles. The van der Waals surface area contributed by atoms with Crippen LogP contribution in [0, 0.1) is 0 Å². The predicted octanol–water partition coefficient (Wildman–Crippen LogP) is 9.22. The molecule has 4 heteroatoms. The summed E-state index contributed by atoms with van der Waals surface area (Å²) in [5, 5.41) is 2.95. The molecule has 0 saturated carbocycles. The maximum atomic E-state index is 11.9. The lowest BCUT2D eigenvalue weighted by Gasteiger charge is -2.06. The second-order valence-corrected chi connectivity index (χ2v) is 9.36. The molecule has 1 aromatic rings. The SMILES string of the molecule is CCCCCCCCCCCCCCCCCCSC(=O)Nc1ccc(OC)cc1. The first-order valence-corrected chi connectivity index (χ1v) is 13.3. The van der Waals surface area contributed by atoms with Crippen molar-refractivity contribution in [2.45, 2.75) is 110 Å². The maximum absolute atomic E-state index is 11.9. The molecule has 0 aliphatic rings. The summed E-state index contributed by atoms with van der Waals surface area (Å²) in [4.78, 5) is 11.9. The number of hydrogen-bond acceptors (Lipinski definition) is 3. The number of anilines is 1. The van der Waals surface area contributed by atoms with Crippen LogP contribution in [0.3, 0.4) is 0 Å². The minimum Gasteiger partial charge on any atom is -0.497 e. The predicted molar refractivity (Wildman–Crippen MR) is 134 cm³/mol. The topological polar surface area (TPSA) is 38.3 Å². The zero-order valence-corrected chi connectivity index (χ0v) is 20.4. The molecule has 0 saturated heterocycles. The van der Waals surface area contributed by atoms with Crippen LogP contribution in [0.1, 0.15) is 110 Å². The van der Waals surface area contributed by atoms with Crippen LogP contribution in [0.25, 0.3) is 0 Å². The number of carbonyl (C=O) groups excluding carboxylic acids is 1. The van der Waals surface area contributed by atoms with Gasteiger partial charge < -0.3 is 10.1 Å². The number of amides is 1. The Labute approximate surface area is 190 Å². The molecule has 0 aromatic heterocycles. The van der Waals surface area contributed by atoms with E-state index in [9.17, 15) is 4.79 Å². The number of carbonyl (C=O) groups is 1. The van der Waals surface area contributed by atoms with Crippen LogP contribution in [-0.2, 0) is 0 Å². The highest BCUT2D eigenvalue weighted by molar-refractivity contribution is 8.13. The standard InChI is InChI=1S/C26H45NO2S/c1-3-4-5-6-7-8-9-10-11-12-13-14-15-16-17-18-23-30-26(28)27-24-19-21-25(29-2)22-20-24/h19-22H,3-18,23H2,1-2H3,(H,27,28). The van der Waals surface area contributed by atoms with Gasteiger partial charge in [0.05, 0.1) is 7.11 Å². The summed E-state index contributed by atoms with van der Waals surface area (Å²) in [5.41, 5.74) is 0.820. The van der Waals surface area contributed by atoms with Crippen molar-refractivity contribution < 1.29 is 9.53 Å². The molecule has 3 nitrogen and oxygen atoms in total. The molecule has 0 radical (unpaired) electrons. The zero-order valence-electron chi connectivity index (χ0n) is 19.6. The van der Waals surface area contributed by atoms with Gasteiger partial charge in [0.15, 0.2) is 0 Å². The van der Waals surface area contributed by atoms with Gasteiger partial charge in [-0.3, -0.25) is 4.79 Å². The third kappa shape index (κ3) is 15.6. The first-order valence-electron chi connectivity index (χ1n) is 12.3. The van der Waals surface area contributed by atoms with Crippen molar-refractivity contribution in [2.24, 2.45) is 0 Å². The second-order valence-electron chi connectivity index (χ2n) is 8.29. The van der Waals surface area contributed by atoms with E-state index in [1.54, 1.807) is 7.11 Å². The Morgan fingerprint density at radius 3 is 1.60 bits per heavy atom. The van der Waals surface area contributed by atoms with Gasteiger partial charge in [-0.25, -0.2) is 0 Å². The molecule has 0 heterocycles. The number of ether oxygens (including phenoxy) is 1. The number of thioether (sulfide) groups is 1. The Balaban J connectivity index is 1.80. The summed E-state index contributed by atoms with van der Waals surface area (Å²) < 4.78 is 5.12. The number of unbranched alkanes of at least 4 members (excludes halogenated alkanes) is 15. The Bertz CT molecular complexity index is 518. The fraction of sp³-hybridized carbons (Fsp3) is 0.731. The number of nitrogens with one attached hydrogen (secondary N) is 1. The first kappa shape index (κ1) is 26.9. The molecule has 1 rings (SSSR count). The molecule has 1 N–H and O–H groups in total. The van der Waals surface area contributed by atoms with E-state index in [-0.39, 0.29) is 5.24 Å². The highest BCUT2D eigenvalue weighted by Gasteiger charge is 2.03. The monoisotopic (exact) mass is 435 g/mol. The van der Waals surface area contributed by atoms with Crippen molar-refractivity contribution in [3.63, 3.8) is 0 Å². The quantitative estimate of drug-likeness (QED) is 0.220. The molecule has 30 heavy (non-hydrogen) atoms. The third-order valence-electron chi connectivity index (χ3n) is 5.57. The van der Waals surface area contributed by atoms with Gasteiger partial charge in [0.1, 0.15) is 5.75 Å². The molecular weight excluding hydrogens is 390 g/mol. The molecule has 0 atom stereocenters. The van der Waals surface area contributed by atoms with Crippen LogP contribution in [0.4, 0.5) is 10.5 Å². The summed E-state index contributed by atoms with van der Waals surface area (Å²) in [6.07, 6.45) is 22.0. The van der Waals surface area contributed by atoms with Crippen molar-refractivity contribution in [1.29, 1.82) is 0 Å². The van der Waals surface area contributed by atoms with E-state index < -0.39 is 0 Å². The number of methoxy groups -OCH3 is 1. The lowest BCUT2D eigenvalue weighted by Crippen LogP contribution is -2.05. The van der Waals surface area contributed by atoms with Crippen LogP contribution in [-0.4, -0.2) is 18.1 Å². The van der Waals surface area contributed by atoms with Gasteiger partial charge >= 0.3 is 0 Å². The lowest BCUT2D eigenvalue weighted by atomic mass is 10.0. The molecule has 0 aliphatic carbocycles. The molecule has 0 spiro atoms. The van der Waals surface area contributed by atoms with Gasteiger partial charge in [0.25, 0.3) is 5.24 Å². The van der Waals surface area contributed by atoms with E-state index in [0.29, 0.717) is 0 Å². The lowest BCUT2D eigenvalue weighted by molar-refractivity contribution is 0.269. The summed E-state index contributed by atoms with van der Waals surface area (Å²) in [6, 6.07) is 7.45. The second kappa shape index (κ2) is 19.8. The van der Waals surface area contributed by atoms with Crippen molar-refractivity contribution in [2.75, 3.05) is 18.2 Å².